The zero-order valence-corrected chi connectivity index (χ0v) is 21.3. The van der Waals surface area contributed by atoms with Crippen LogP contribution in [0.4, 0.5) is 5.69 Å². The molecule has 1 N–H and O–H groups in total. The fraction of sp³-hybridized carbons (Fsp3) is 0.391. The van der Waals surface area contributed by atoms with E-state index in [9.17, 15) is 18.0 Å². The molecule has 0 bridgehead atoms. The van der Waals surface area contributed by atoms with Gasteiger partial charge >= 0.3 is 0 Å². The summed E-state index contributed by atoms with van der Waals surface area (Å²) in [5, 5.41) is 3.45. The molecule has 2 aromatic rings. The lowest BCUT2D eigenvalue weighted by molar-refractivity contribution is -0.119. The average molecular weight is 526 g/mol. The first-order valence-corrected chi connectivity index (χ1v) is 14.2. The van der Waals surface area contributed by atoms with Crippen molar-refractivity contribution >= 4 is 50.9 Å². The number of anilines is 1. The maximum Gasteiger partial charge on any atom is 0.254 e. The summed E-state index contributed by atoms with van der Waals surface area (Å²) in [6, 6.07) is 13.8. The lowest BCUT2D eigenvalue weighted by atomic mass is 10.1. The van der Waals surface area contributed by atoms with Crippen LogP contribution in [-0.4, -0.2) is 76.5 Å². The number of halogens is 1. The highest BCUT2D eigenvalue weighted by molar-refractivity contribution is 7.98. The van der Waals surface area contributed by atoms with Crippen molar-refractivity contribution in [3.05, 3.63) is 64.7 Å². The Kier molecular flexibility index (Phi) is 9.63. The van der Waals surface area contributed by atoms with E-state index in [4.69, 9.17) is 16.3 Å². The SMILES string of the molecule is CS(=O)(=O)N(CC(=O)NCCSCc1cccc(Cl)c1)c1ccc(C(=O)N2CCOCC2)cc1. The molecule has 34 heavy (non-hydrogen) atoms. The summed E-state index contributed by atoms with van der Waals surface area (Å²) in [6.07, 6.45) is 1.05. The third-order valence-corrected chi connectivity index (χ3v) is 7.52. The molecule has 0 atom stereocenters. The molecule has 0 spiro atoms. The Morgan fingerprint density at radius 2 is 1.85 bits per heavy atom. The van der Waals surface area contributed by atoms with Gasteiger partial charge in [-0.2, -0.15) is 11.8 Å². The summed E-state index contributed by atoms with van der Waals surface area (Å²) in [7, 11) is -3.70. The minimum absolute atomic E-state index is 0.131. The Balaban J connectivity index is 1.51. The van der Waals surface area contributed by atoms with Crippen LogP contribution in [0.3, 0.4) is 0 Å². The summed E-state index contributed by atoms with van der Waals surface area (Å²) < 4.78 is 31.0. The van der Waals surface area contributed by atoms with Gasteiger partial charge in [-0.05, 0) is 42.0 Å². The molecule has 0 saturated carbocycles. The number of nitrogens with zero attached hydrogens (tertiary/aromatic N) is 2. The molecule has 1 saturated heterocycles. The number of benzene rings is 2. The molecule has 0 unspecified atom stereocenters. The maximum absolute atomic E-state index is 12.6. The van der Waals surface area contributed by atoms with Gasteiger partial charge in [0.25, 0.3) is 5.91 Å². The van der Waals surface area contributed by atoms with Crippen LogP contribution in [0.5, 0.6) is 0 Å². The number of morpholine rings is 1. The molecule has 8 nitrogen and oxygen atoms in total. The Morgan fingerprint density at radius 1 is 1.15 bits per heavy atom. The summed E-state index contributed by atoms with van der Waals surface area (Å²) in [5.74, 6) is 0.910. The average Bonchev–Trinajstić information content (AvgIpc) is 2.82. The van der Waals surface area contributed by atoms with Crippen molar-refractivity contribution < 1.29 is 22.7 Å². The minimum Gasteiger partial charge on any atom is -0.378 e. The molecule has 2 aromatic carbocycles. The lowest BCUT2D eigenvalue weighted by Crippen LogP contribution is -2.41. The van der Waals surface area contributed by atoms with E-state index in [1.165, 1.54) is 0 Å². The number of thioether (sulfide) groups is 1. The number of hydrogen-bond acceptors (Lipinski definition) is 6. The molecule has 2 amide bonds. The second-order valence-electron chi connectivity index (χ2n) is 7.75. The van der Waals surface area contributed by atoms with Crippen molar-refractivity contribution in [2.45, 2.75) is 5.75 Å². The van der Waals surface area contributed by atoms with Crippen LogP contribution in [0.15, 0.2) is 48.5 Å². The molecule has 184 valence electrons. The Morgan fingerprint density at radius 3 is 2.50 bits per heavy atom. The molecular formula is C23H28ClN3O5S2. The van der Waals surface area contributed by atoms with Gasteiger partial charge in [-0.25, -0.2) is 8.42 Å². The number of nitrogens with one attached hydrogen (secondary N) is 1. The van der Waals surface area contributed by atoms with Crippen LogP contribution in [0.2, 0.25) is 5.02 Å². The predicted molar refractivity (Wildman–Crippen MR) is 136 cm³/mol. The predicted octanol–water partition coefficient (Wildman–Crippen LogP) is 2.63. The van der Waals surface area contributed by atoms with Gasteiger partial charge in [0.2, 0.25) is 15.9 Å². The normalized spacial score (nSPS) is 14.0. The first-order chi connectivity index (χ1) is 16.2. The topological polar surface area (TPSA) is 96.0 Å². The first kappa shape index (κ1) is 26.3. The molecule has 1 heterocycles. The van der Waals surface area contributed by atoms with Crippen molar-refractivity contribution in [1.82, 2.24) is 10.2 Å². The third kappa shape index (κ3) is 7.90. The molecule has 0 aliphatic carbocycles. The van der Waals surface area contributed by atoms with Gasteiger partial charge in [-0.3, -0.25) is 13.9 Å². The highest BCUT2D eigenvalue weighted by atomic mass is 35.5. The summed E-state index contributed by atoms with van der Waals surface area (Å²) in [6.45, 7) is 2.12. The molecule has 0 radical (unpaired) electrons. The van der Waals surface area contributed by atoms with E-state index < -0.39 is 15.9 Å². The number of carbonyl (C=O) groups is 2. The lowest BCUT2D eigenvalue weighted by Gasteiger charge is -2.27. The van der Waals surface area contributed by atoms with Crippen LogP contribution in [0.25, 0.3) is 0 Å². The Bertz CT molecular complexity index is 1090. The molecular weight excluding hydrogens is 498 g/mol. The van der Waals surface area contributed by atoms with E-state index in [1.54, 1.807) is 40.9 Å². The number of sulfonamides is 1. The van der Waals surface area contributed by atoms with Crippen LogP contribution in [0.1, 0.15) is 15.9 Å². The van der Waals surface area contributed by atoms with Crippen LogP contribution < -0.4 is 9.62 Å². The van der Waals surface area contributed by atoms with E-state index in [0.29, 0.717) is 54.9 Å². The number of carbonyl (C=O) groups excluding carboxylic acids is 2. The van der Waals surface area contributed by atoms with Gasteiger partial charge < -0.3 is 15.0 Å². The second kappa shape index (κ2) is 12.4. The molecule has 1 aliphatic heterocycles. The Hall–Kier alpha value is -2.27. The molecule has 1 aliphatic rings. The highest BCUT2D eigenvalue weighted by Gasteiger charge is 2.22. The third-order valence-electron chi connectivity index (χ3n) is 5.11. The van der Waals surface area contributed by atoms with E-state index in [0.717, 1.165) is 21.9 Å². The Labute approximate surface area is 209 Å². The highest BCUT2D eigenvalue weighted by Crippen LogP contribution is 2.20. The fourth-order valence-electron chi connectivity index (χ4n) is 3.39. The second-order valence-corrected chi connectivity index (χ2v) is 11.2. The number of hydrogen-bond donors (Lipinski definition) is 1. The van der Waals surface area contributed by atoms with E-state index in [2.05, 4.69) is 5.32 Å². The minimum atomic E-state index is -3.70. The van der Waals surface area contributed by atoms with E-state index >= 15 is 0 Å². The molecule has 11 heteroatoms. The monoisotopic (exact) mass is 525 g/mol. The first-order valence-electron chi connectivity index (χ1n) is 10.8. The van der Waals surface area contributed by atoms with Gasteiger partial charge in [0, 0.05) is 41.7 Å². The number of amides is 2. The largest absolute Gasteiger partial charge is 0.378 e. The maximum atomic E-state index is 12.6. The van der Waals surface area contributed by atoms with Gasteiger partial charge in [-0.15, -0.1) is 0 Å². The molecule has 1 fully saturated rings. The molecule has 3 rings (SSSR count). The smallest absolute Gasteiger partial charge is 0.254 e. The summed E-state index contributed by atoms with van der Waals surface area (Å²) in [4.78, 5) is 26.7. The fourth-order valence-corrected chi connectivity index (χ4v) is 5.26. The van der Waals surface area contributed by atoms with E-state index in [1.807, 2.05) is 24.3 Å². The van der Waals surface area contributed by atoms with Crippen molar-refractivity contribution in [1.29, 1.82) is 0 Å². The zero-order valence-electron chi connectivity index (χ0n) is 18.9. The van der Waals surface area contributed by atoms with Gasteiger partial charge in [0.15, 0.2) is 0 Å². The van der Waals surface area contributed by atoms with Crippen molar-refractivity contribution in [3.63, 3.8) is 0 Å². The zero-order chi connectivity index (χ0) is 24.6. The van der Waals surface area contributed by atoms with Crippen LogP contribution in [-0.2, 0) is 25.3 Å². The van der Waals surface area contributed by atoms with Crippen molar-refractivity contribution in [2.75, 3.05) is 55.7 Å². The number of rotatable bonds is 10. The van der Waals surface area contributed by atoms with Gasteiger partial charge in [0.05, 0.1) is 25.2 Å². The van der Waals surface area contributed by atoms with Crippen molar-refractivity contribution in [3.8, 4) is 0 Å². The quantitative estimate of drug-likeness (QED) is 0.479. The summed E-state index contributed by atoms with van der Waals surface area (Å²) in [5.41, 5.74) is 1.88. The molecule has 0 aromatic heterocycles. The summed E-state index contributed by atoms with van der Waals surface area (Å²) >= 11 is 7.62. The van der Waals surface area contributed by atoms with Crippen molar-refractivity contribution in [2.24, 2.45) is 0 Å². The van der Waals surface area contributed by atoms with Gasteiger partial charge in [0.1, 0.15) is 6.54 Å². The van der Waals surface area contributed by atoms with Crippen LogP contribution >= 0.6 is 23.4 Å². The van der Waals surface area contributed by atoms with E-state index in [-0.39, 0.29) is 12.5 Å². The standard InChI is InChI=1S/C23H28ClN3O5S2/c1-34(30,31)27(16-22(28)25-9-14-33-17-18-3-2-4-20(24)15-18)21-7-5-19(6-8-21)23(29)26-10-12-32-13-11-26/h2-8,15H,9-14,16-17H2,1H3,(H,25,28). The van der Waals surface area contributed by atoms with Gasteiger partial charge in [-0.1, -0.05) is 23.7 Å². The number of ether oxygens (including phenoxy) is 1. The van der Waals surface area contributed by atoms with Crippen LogP contribution in [0, 0.1) is 0 Å².